The van der Waals surface area contributed by atoms with Gasteiger partial charge in [-0.2, -0.15) is 13.2 Å². The molecule has 3 aromatic rings. The number of halogens is 3. The zero-order valence-electron chi connectivity index (χ0n) is 17.3. The fourth-order valence-corrected chi connectivity index (χ4v) is 3.64. The Morgan fingerprint density at radius 1 is 0.906 bits per heavy atom. The van der Waals surface area contributed by atoms with Crippen LogP contribution in [0.3, 0.4) is 0 Å². The lowest BCUT2D eigenvalue weighted by molar-refractivity contribution is -0.137. The molecule has 0 saturated carbocycles. The van der Waals surface area contributed by atoms with Crippen molar-refractivity contribution in [2.75, 3.05) is 36.4 Å². The Bertz CT molecular complexity index is 1030. The van der Waals surface area contributed by atoms with Gasteiger partial charge in [0.1, 0.15) is 5.82 Å². The Balaban J connectivity index is 1.30. The largest absolute Gasteiger partial charge is 0.416 e. The standard InChI is InChI=1S/C24H23F3N4O/c25-24(26,27)20-8-6-19(7-9-20)23(32)29-21-10-11-22(28-16-21)31-14-12-30(13-15-31)17-18-4-2-1-3-5-18/h1-11,16H,12-15,17H2,(H,29,32). The van der Waals surface area contributed by atoms with Crippen molar-refractivity contribution in [3.8, 4) is 0 Å². The van der Waals surface area contributed by atoms with Crippen molar-refractivity contribution < 1.29 is 18.0 Å². The third-order valence-corrected chi connectivity index (χ3v) is 5.43. The van der Waals surface area contributed by atoms with E-state index in [4.69, 9.17) is 0 Å². The Morgan fingerprint density at radius 3 is 2.19 bits per heavy atom. The van der Waals surface area contributed by atoms with Crippen LogP contribution in [0, 0.1) is 0 Å². The van der Waals surface area contributed by atoms with E-state index < -0.39 is 17.6 Å². The predicted octanol–water partition coefficient (Wildman–Crippen LogP) is 4.67. The number of nitrogens with zero attached hydrogens (tertiary/aromatic N) is 3. The SMILES string of the molecule is O=C(Nc1ccc(N2CCN(Cc3ccccc3)CC2)nc1)c1ccc(C(F)(F)F)cc1. The van der Waals surface area contributed by atoms with Crippen LogP contribution in [0.1, 0.15) is 21.5 Å². The molecule has 0 atom stereocenters. The maximum atomic E-state index is 12.7. The Kier molecular flexibility index (Phi) is 6.41. The predicted molar refractivity (Wildman–Crippen MR) is 118 cm³/mol. The second-order valence-electron chi connectivity index (χ2n) is 7.68. The maximum absolute atomic E-state index is 12.7. The molecular formula is C24H23F3N4O. The van der Waals surface area contributed by atoms with E-state index in [9.17, 15) is 18.0 Å². The van der Waals surface area contributed by atoms with Gasteiger partial charge < -0.3 is 10.2 Å². The molecule has 0 aliphatic carbocycles. The molecule has 2 heterocycles. The van der Waals surface area contributed by atoms with Gasteiger partial charge in [-0.3, -0.25) is 9.69 Å². The van der Waals surface area contributed by atoms with Crippen molar-refractivity contribution in [2.45, 2.75) is 12.7 Å². The number of carbonyl (C=O) groups is 1. The summed E-state index contributed by atoms with van der Waals surface area (Å²) in [5.74, 6) is 0.347. The first-order valence-corrected chi connectivity index (χ1v) is 10.3. The molecule has 1 amide bonds. The fourth-order valence-electron chi connectivity index (χ4n) is 3.64. The summed E-state index contributed by atoms with van der Waals surface area (Å²) in [6.45, 7) is 4.51. The highest BCUT2D eigenvalue weighted by atomic mass is 19.4. The molecule has 2 aromatic carbocycles. The number of amides is 1. The van der Waals surface area contributed by atoms with Gasteiger partial charge in [-0.25, -0.2) is 4.98 Å². The zero-order valence-corrected chi connectivity index (χ0v) is 17.3. The Labute approximate surface area is 184 Å². The molecule has 0 radical (unpaired) electrons. The summed E-state index contributed by atoms with van der Waals surface area (Å²) >= 11 is 0. The van der Waals surface area contributed by atoms with E-state index in [0.717, 1.165) is 62.8 Å². The van der Waals surface area contributed by atoms with Crippen molar-refractivity contribution in [2.24, 2.45) is 0 Å². The van der Waals surface area contributed by atoms with Gasteiger partial charge in [0.15, 0.2) is 0 Å². The summed E-state index contributed by atoms with van der Waals surface area (Å²) in [7, 11) is 0. The van der Waals surface area contributed by atoms with Crippen LogP contribution in [0.2, 0.25) is 0 Å². The molecule has 1 aliphatic rings. The van der Waals surface area contributed by atoms with Gasteiger partial charge in [0.05, 0.1) is 17.4 Å². The van der Waals surface area contributed by atoms with E-state index in [1.165, 1.54) is 5.56 Å². The topological polar surface area (TPSA) is 48.5 Å². The van der Waals surface area contributed by atoms with Crippen LogP contribution in [0.5, 0.6) is 0 Å². The van der Waals surface area contributed by atoms with E-state index in [1.807, 2.05) is 24.3 Å². The third-order valence-electron chi connectivity index (χ3n) is 5.43. The molecule has 1 aromatic heterocycles. The van der Waals surface area contributed by atoms with Crippen LogP contribution in [-0.2, 0) is 12.7 Å². The fraction of sp³-hybridized carbons (Fsp3) is 0.250. The number of aromatic nitrogens is 1. The molecule has 0 spiro atoms. The van der Waals surface area contributed by atoms with Gasteiger partial charge in [-0.1, -0.05) is 30.3 Å². The number of rotatable bonds is 5. The van der Waals surface area contributed by atoms with Gasteiger partial charge in [0.2, 0.25) is 0 Å². The van der Waals surface area contributed by atoms with Crippen LogP contribution in [0.4, 0.5) is 24.7 Å². The Morgan fingerprint density at radius 2 is 1.59 bits per heavy atom. The third kappa shape index (κ3) is 5.45. The molecule has 1 aliphatic heterocycles. The summed E-state index contributed by atoms with van der Waals surface area (Å²) in [4.78, 5) is 21.4. The molecule has 1 saturated heterocycles. The van der Waals surface area contributed by atoms with Crippen LogP contribution in [0.25, 0.3) is 0 Å². The number of benzene rings is 2. The highest BCUT2D eigenvalue weighted by Crippen LogP contribution is 2.29. The van der Waals surface area contributed by atoms with E-state index >= 15 is 0 Å². The minimum atomic E-state index is -4.43. The van der Waals surface area contributed by atoms with E-state index in [1.54, 1.807) is 12.3 Å². The summed E-state index contributed by atoms with van der Waals surface area (Å²) in [6, 6.07) is 18.1. The molecule has 8 heteroatoms. The monoisotopic (exact) mass is 440 g/mol. The minimum Gasteiger partial charge on any atom is -0.354 e. The van der Waals surface area contributed by atoms with Gasteiger partial charge in [0.25, 0.3) is 5.91 Å². The highest BCUT2D eigenvalue weighted by Gasteiger charge is 2.30. The number of nitrogens with one attached hydrogen (secondary N) is 1. The normalized spacial score (nSPS) is 14.9. The lowest BCUT2D eigenvalue weighted by Gasteiger charge is -2.35. The van der Waals surface area contributed by atoms with Crippen LogP contribution in [0.15, 0.2) is 72.9 Å². The first-order valence-electron chi connectivity index (χ1n) is 10.3. The number of pyridine rings is 1. The highest BCUT2D eigenvalue weighted by molar-refractivity contribution is 6.04. The lowest BCUT2D eigenvalue weighted by atomic mass is 10.1. The molecule has 4 rings (SSSR count). The summed E-state index contributed by atoms with van der Waals surface area (Å²) in [5, 5.41) is 2.67. The number of carbonyl (C=O) groups excluding carboxylic acids is 1. The molecule has 0 bridgehead atoms. The van der Waals surface area contributed by atoms with E-state index in [2.05, 4.69) is 32.2 Å². The van der Waals surface area contributed by atoms with Gasteiger partial charge in [0, 0.05) is 38.3 Å². The smallest absolute Gasteiger partial charge is 0.354 e. The van der Waals surface area contributed by atoms with E-state index in [0.29, 0.717) is 5.69 Å². The summed E-state index contributed by atoms with van der Waals surface area (Å²) in [6.07, 6.45) is -2.87. The second-order valence-corrected chi connectivity index (χ2v) is 7.68. The summed E-state index contributed by atoms with van der Waals surface area (Å²) < 4.78 is 38.0. The quantitative estimate of drug-likeness (QED) is 0.626. The molecule has 32 heavy (non-hydrogen) atoms. The van der Waals surface area contributed by atoms with Gasteiger partial charge in [-0.05, 0) is 42.0 Å². The van der Waals surface area contributed by atoms with Gasteiger partial charge >= 0.3 is 6.18 Å². The van der Waals surface area contributed by atoms with Crippen molar-refractivity contribution in [3.63, 3.8) is 0 Å². The maximum Gasteiger partial charge on any atom is 0.416 e. The van der Waals surface area contributed by atoms with Crippen molar-refractivity contribution in [1.29, 1.82) is 0 Å². The van der Waals surface area contributed by atoms with Crippen LogP contribution < -0.4 is 10.2 Å². The number of hydrogen-bond acceptors (Lipinski definition) is 4. The number of alkyl halides is 3. The van der Waals surface area contributed by atoms with Crippen molar-refractivity contribution in [3.05, 3.63) is 89.6 Å². The molecule has 5 nitrogen and oxygen atoms in total. The second kappa shape index (κ2) is 9.40. The first-order chi connectivity index (χ1) is 15.4. The van der Waals surface area contributed by atoms with E-state index in [-0.39, 0.29) is 5.56 Å². The molecule has 1 N–H and O–H groups in total. The number of piperazine rings is 1. The van der Waals surface area contributed by atoms with Gasteiger partial charge in [-0.15, -0.1) is 0 Å². The molecule has 0 unspecified atom stereocenters. The van der Waals surface area contributed by atoms with Crippen molar-refractivity contribution >= 4 is 17.4 Å². The minimum absolute atomic E-state index is 0.150. The Hall–Kier alpha value is -3.39. The van der Waals surface area contributed by atoms with Crippen LogP contribution >= 0.6 is 0 Å². The lowest BCUT2D eigenvalue weighted by Crippen LogP contribution is -2.46. The number of anilines is 2. The first kappa shape index (κ1) is 21.8. The average Bonchev–Trinajstić information content (AvgIpc) is 2.80. The summed E-state index contributed by atoms with van der Waals surface area (Å²) in [5.41, 5.74) is 1.15. The van der Waals surface area contributed by atoms with Crippen LogP contribution in [-0.4, -0.2) is 42.0 Å². The molecule has 166 valence electrons. The zero-order chi connectivity index (χ0) is 22.6. The molecular weight excluding hydrogens is 417 g/mol. The number of hydrogen-bond donors (Lipinski definition) is 1. The van der Waals surface area contributed by atoms with Crippen molar-refractivity contribution in [1.82, 2.24) is 9.88 Å². The average molecular weight is 440 g/mol. The molecule has 1 fully saturated rings.